The Morgan fingerprint density at radius 3 is 2.78 bits per heavy atom. The van der Waals surface area contributed by atoms with E-state index in [4.69, 9.17) is 0 Å². The van der Waals surface area contributed by atoms with E-state index in [0.29, 0.717) is 0 Å². The molecule has 3 nitrogen and oxygen atoms in total. The molecule has 102 valence electrons. The number of piperidine rings is 1. The van der Waals surface area contributed by atoms with Gasteiger partial charge in [0.05, 0.1) is 10.7 Å². The molecule has 4 heteroatoms. The van der Waals surface area contributed by atoms with Crippen LogP contribution in [0.15, 0.2) is 0 Å². The molecular weight excluding hydrogens is 242 g/mol. The van der Waals surface area contributed by atoms with E-state index in [2.05, 4.69) is 29.0 Å². The molecule has 0 saturated carbocycles. The largest absolute Gasteiger partial charge is 0.315 e. The van der Waals surface area contributed by atoms with Gasteiger partial charge >= 0.3 is 0 Å². The van der Waals surface area contributed by atoms with Gasteiger partial charge in [-0.15, -0.1) is 11.3 Å². The van der Waals surface area contributed by atoms with Crippen LogP contribution in [0.3, 0.4) is 0 Å². The van der Waals surface area contributed by atoms with Crippen molar-refractivity contribution in [3.63, 3.8) is 0 Å². The number of nitrogens with one attached hydrogen (secondary N) is 1. The third-order valence-electron chi connectivity index (χ3n) is 3.79. The minimum absolute atomic E-state index is 0.922. The number of rotatable bonds is 5. The lowest BCUT2D eigenvalue weighted by atomic mass is 9.99. The molecule has 0 unspecified atom stereocenters. The molecule has 1 aromatic heterocycles. The predicted octanol–water partition coefficient (Wildman–Crippen LogP) is 2.45. The van der Waals surface area contributed by atoms with Crippen molar-refractivity contribution < 1.29 is 0 Å². The zero-order valence-corrected chi connectivity index (χ0v) is 12.6. The van der Waals surface area contributed by atoms with E-state index >= 15 is 0 Å². The van der Waals surface area contributed by atoms with Gasteiger partial charge in [-0.2, -0.15) is 0 Å². The highest BCUT2D eigenvalue weighted by Crippen LogP contribution is 2.20. The van der Waals surface area contributed by atoms with Crippen LogP contribution in [-0.4, -0.2) is 36.6 Å². The first-order valence-electron chi connectivity index (χ1n) is 7.01. The summed E-state index contributed by atoms with van der Waals surface area (Å²) in [7, 11) is 1.99. The highest BCUT2D eigenvalue weighted by molar-refractivity contribution is 7.11. The quantitative estimate of drug-likeness (QED) is 0.888. The molecule has 1 saturated heterocycles. The fourth-order valence-electron chi connectivity index (χ4n) is 2.46. The Morgan fingerprint density at radius 2 is 2.11 bits per heavy atom. The van der Waals surface area contributed by atoms with Crippen LogP contribution in [0.1, 0.15) is 35.3 Å². The van der Waals surface area contributed by atoms with Crippen molar-refractivity contribution in [3.8, 4) is 0 Å². The molecule has 1 aromatic rings. The van der Waals surface area contributed by atoms with E-state index in [1.807, 2.05) is 18.4 Å². The van der Waals surface area contributed by atoms with Crippen LogP contribution in [0.4, 0.5) is 0 Å². The number of nitrogens with zero attached hydrogens (tertiary/aromatic N) is 2. The van der Waals surface area contributed by atoms with E-state index in [1.54, 1.807) is 0 Å². The van der Waals surface area contributed by atoms with E-state index in [0.717, 1.165) is 18.9 Å². The first-order chi connectivity index (χ1) is 8.69. The van der Waals surface area contributed by atoms with E-state index in [1.165, 1.54) is 48.1 Å². The Bertz CT molecular complexity index is 367. The van der Waals surface area contributed by atoms with Crippen molar-refractivity contribution in [1.82, 2.24) is 15.2 Å². The third-order valence-corrected chi connectivity index (χ3v) is 5.01. The Balaban J connectivity index is 1.81. The number of aromatic nitrogens is 1. The fourth-order valence-corrected chi connectivity index (χ4v) is 3.53. The lowest BCUT2D eigenvalue weighted by Gasteiger charge is -2.29. The number of hydrogen-bond donors (Lipinski definition) is 1. The standard InChI is InChI=1S/C14H25N3S/c1-11-4-7-17(8-5-11)9-6-14-16-12(2)13(18-14)10-15-3/h11,15H,4-10H2,1-3H3. The second-order valence-electron chi connectivity index (χ2n) is 5.42. The maximum atomic E-state index is 4.68. The van der Waals surface area contributed by atoms with E-state index < -0.39 is 0 Å². The Hall–Kier alpha value is -0.450. The molecular formula is C14H25N3S. The van der Waals surface area contributed by atoms with Crippen molar-refractivity contribution >= 4 is 11.3 Å². The lowest BCUT2D eigenvalue weighted by molar-refractivity contribution is 0.194. The third kappa shape index (κ3) is 3.77. The van der Waals surface area contributed by atoms with Crippen molar-refractivity contribution in [3.05, 3.63) is 15.6 Å². The summed E-state index contributed by atoms with van der Waals surface area (Å²) in [5.41, 5.74) is 1.21. The number of aryl methyl sites for hydroxylation is 1. The van der Waals surface area contributed by atoms with E-state index in [9.17, 15) is 0 Å². The van der Waals surface area contributed by atoms with Crippen molar-refractivity contribution in [2.45, 2.75) is 39.7 Å². The topological polar surface area (TPSA) is 28.2 Å². The molecule has 0 atom stereocenters. The number of hydrogen-bond acceptors (Lipinski definition) is 4. The summed E-state index contributed by atoms with van der Waals surface area (Å²) in [4.78, 5) is 8.66. The van der Waals surface area contributed by atoms with Crippen LogP contribution in [0, 0.1) is 12.8 Å². The molecule has 2 rings (SSSR count). The maximum absolute atomic E-state index is 4.68. The van der Waals surface area contributed by atoms with E-state index in [-0.39, 0.29) is 0 Å². The smallest absolute Gasteiger partial charge is 0.0944 e. The lowest BCUT2D eigenvalue weighted by Crippen LogP contribution is -2.34. The second-order valence-corrected chi connectivity index (χ2v) is 6.59. The van der Waals surface area contributed by atoms with Crippen molar-refractivity contribution in [1.29, 1.82) is 0 Å². The first kappa shape index (κ1) is 14.0. The summed E-state index contributed by atoms with van der Waals surface area (Å²) >= 11 is 1.87. The molecule has 1 aliphatic rings. The minimum atomic E-state index is 0.922. The van der Waals surface area contributed by atoms with Gasteiger partial charge in [-0.3, -0.25) is 0 Å². The minimum Gasteiger partial charge on any atom is -0.315 e. The molecule has 2 heterocycles. The van der Waals surface area contributed by atoms with Crippen LogP contribution in [0.2, 0.25) is 0 Å². The van der Waals surface area contributed by atoms with Crippen LogP contribution in [-0.2, 0) is 13.0 Å². The molecule has 0 spiro atoms. The van der Waals surface area contributed by atoms with Crippen molar-refractivity contribution in [2.75, 3.05) is 26.7 Å². The molecule has 0 amide bonds. The fraction of sp³-hybridized carbons (Fsp3) is 0.786. The van der Waals surface area contributed by atoms with Gasteiger partial charge in [0.25, 0.3) is 0 Å². The number of likely N-dealkylation sites (tertiary alicyclic amines) is 1. The summed E-state index contributed by atoms with van der Waals surface area (Å²) in [6, 6.07) is 0. The molecule has 1 aliphatic heterocycles. The van der Waals surface area contributed by atoms with Gasteiger partial charge in [-0.1, -0.05) is 6.92 Å². The van der Waals surface area contributed by atoms with Gasteiger partial charge < -0.3 is 10.2 Å². The summed E-state index contributed by atoms with van der Waals surface area (Å²) in [6.45, 7) is 9.16. The van der Waals surface area contributed by atoms with Gasteiger partial charge in [-0.25, -0.2) is 4.98 Å². The molecule has 1 fully saturated rings. The Labute approximate surface area is 115 Å². The normalized spacial score (nSPS) is 18.4. The average Bonchev–Trinajstić information content (AvgIpc) is 2.70. The Kier molecular flexibility index (Phi) is 5.15. The van der Waals surface area contributed by atoms with Crippen LogP contribution in [0.5, 0.6) is 0 Å². The predicted molar refractivity (Wildman–Crippen MR) is 78.2 cm³/mol. The van der Waals surface area contributed by atoms with Gasteiger partial charge in [0, 0.05) is 24.4 Å². The zero-order chi connectivity index (χ0) is 13.0. The first-order valence-corrected chi connectivity index (χ1v) is 7.83. The highest BCUT2D eigenvalue weighted by Gasteiger charge is 2.16. The summed E-state index contributed by atoms with van der Waals surface area (Å²) in [5, 5.41) is 4.51. The molecule has 0 aromatic carbocycles. The zero-order valence-electron chi connectivity index (χ0n) is 11.8. The maximum Gasteiger partial charge on any atom is 0.0944 e. The van der Waals surface area contributed by atoms with Gasteiger partial charge in [-0.05, 0) is 45.8 Å². The number of thiazole rings is 1. The molecule has 0 bridgehead atoms. The molecule has 18 heavy (non-hydrogen) atoms. The van der Waals surface area contributed by atoms with Crippen LogP contribution in [0.25, 0.3) is 0 Å². The summed E-state index contributed by atoms with van der Waals surface area (Å²) < 4.78 is 0. The van der Waals surface area contributed by atoms with Crippen molar-refractivity contribution in [2.24, 2.45) is 5.92 Å². The monoisotopic (exact) mass is 267 g/mol. The second kappa shape index (κ2) is 6.64. The van der Waals surface area contributed by atoms with Gasteiger partial charge in [0.15, 0.2) is 0 Å². The van der Waals surface area contributed by atoms with Crippen LogP contribution < -0.4 is 5.32 Å². The van der Waals surface area contributed by atoms with Gasteiger partial charge in [0.1, 0.15) is 0 Å². The molecule has 0 radical (unpaired) electrons. The van der Waals surface area contributed by atoms with Crippen LogP contribution >= 0.6 is 11.3 Å². The Morgan fingerprint density at radius 1 is 1.39 bits per heavy atom. The molecule has 1 N–H and O–H groups in total. The average molecular weight is 267 g/mol. The molecule has 0 aliphatic carbocycles. The van der Waals surface area contributed by atoms with Gasteiger partial charge in [0.2, 0.25) is 0 Å². The summed E-state index contributed by atoms with van der Waals surface area (Å²) in [5.74, 6) is 0.922. The summed E-state index contributed by atoms with van der Waals surface area (Å²) in [6.07, 6.45) is 3.84. The highest BCUT2D eigenvalue weighted by atomic mass is 32.1. The SMILES string of the molecule is CNCc1sc(CCN2CCC(C)CC2)nc1C.